The highest BCUT2D eigenvalue weighted by molar-refractivity contribution is 5.76. The maximum atomic E-state index is 6.04. The second-order valence-electron chi connectivity index (χ2n) is 8.06. The Morgan fingerprint density at radius 1 is 0.528 bits per heavy atom. The topological polar surface area (TPSA) is 106 Å². The van der Waals surface area contributed by atoms with Crippen molar-refractivity contribution >= 4 is 22.6 Å². The van der Waals surface area contributed by atoms with Gasteiger partial charge in [0.15, 0.2) is 34.2 Å². The van der Waals surface area contributed by atoms with Crippen molar-refractivity contribution in [3.63, 3.8) is 0 Å². The number of rotatable bonds is 9. The summed E-state index contributed by atoms with van der Waals surface area (Å²) in [4.78, 5) is 27.3. The fourth-order valence-corrected chi connectivity index (χ4v) is 3.95. The van der Waals surface area contributed by atoms with Gasteiger partial charge >= 0.3 is 0 Å². The molecule has 0 fully saturated rings. The van der Waals surface area contributed by atoms with E-state index in [-0.39, 0.29) is 13.5 Å². The molecule has 4 heterocycles. The Balaban J connectivity index is 1.36. The van der Waals surface area contributed by atoms with Crippen LogP contribution in [0.25, 0.3) is 34.2 Å². The van der Waals surface area contributed by atoms with Crippen LogP contribution in [0, 0.1) is 0 Å². The first-order chi connectivity index (χ1) is 17.9. The van der Waals surface area contributed by atoms with Gasteiger partial charge in [0.25, 0.3) is 0 Å². The van der Waals surface area contributed by atoms with Crippen molar-refractivity contribution in [3.8, 4) is 11.6 Å². The maximum Gasteiger partial charge on any atom is 0.198 e. The molecule has 0 saturated carbocycles. The minimum absolute atomic E-state index is 0.217. The lowest BCUT2D eigenvalue weighted by Gasteiger charge is -2.12. The van der Waals surface area contributed by atoms with Crippen molar-refractivity contribution in [2.45, 2.75) is 26.7 Å². The van der Waals surface area contributed by atoms with Crippen molar-refractivity contribution in [3.05, 3.63) is 96.6 Å². The van der Waals surface area contributed by atoms with Crippen LogP contribution in [0.1, 0.15) is 11.1 Å². The SMILES string of the molecule is c1ccc(COCn2c(-c3nc4nccnc4n3COCc3ccccc3)nc3nccnc32)cc1. The van der Waals surface area contributed by atoms with E-state index < -0.39 is 0 Å². The molecule has 6 rings (SSSR count). The number of nitrogens with zero attached hydrogens (tertiary/aromatic N) is 8. The van der Waals surface area contributed by atoms with E-state index in [1.165, 1.54) is 0 Å². The first-order valence-electron chi connectivity index (χ1n) is 11.4. The van der Waals surface area contributed by atoms with E-state index in [1.807, 2.05) is 69.8 Å². The summed E-state index contributed by atoms with van der Waals surface area (Å²) in [5.74, 6) is 1.10. The highest BCUT2D eigenvalue weighted by Crippen LogP contribution is 2.25. The Morgan fingerprint density at radius 2 is 0.944 bits per heavy atom. The van der Waals surface area contributed by atoms with Crippen LogP contribution in [0.4, 0.5) is 0 Å². The first-order valence-corrected chi connectivity index (χ1v) is 11.4. The lowest BCUT2D eigenvalue weighted by molar-refractivity contribution is 0.0637. The fraction of sp³-hybridized carbons (Fsp3) is 0.154. The van der Waals surface area contributed by atoms with Crippen LogP contribution in [0.3, 0.4) is 0 Å². The number of ether oxygens (including phenoxy) is 2. The molecule has 0 amide bonds. The number of imidazole rings is 2. The molecule has 36 heavy (non-hydrogen) atoms. The second kappa shape index (κ2) is 9.98. The summed E-state index contributed by atoms with van der Waals surface area (Å²) < 4.78 is 15.8. The van der Waals surface area contributed by atoms with Crippen LogP contribution in [0.2, 0.25) is 0 Å². The summed E-state index contributed by atoms with van der Waals surface area (Å²) in [6, 6.07) is 20.0. The summed E-state index contributed by atoms with van der Waals surface area (Å²) in [7, 11) is 0. The van der Waals surface area contributed by atoms with Gasteiger partial charge in [0.1, 0.15) is 13.5 Å². The van der Waals surface area contributed by atoms with E-state index in [9.17, 15) is 0 Å². The summed E-state index contributed by atoms with van der Waals surface area (Å²) in [6.45, 7) is 1.32. The standard InChI is InChI=1S/C26H22N8O2/c1-3-7-19(8-4-1)15-35-17-33-23-21(27-11-13-29-23)31-25(33)26-32-22-24(30-14-12-28-22)34(26)18-36-16-20-9-5-2-6-10-20/h1-14H,15-18H2. The zero-order chi connectivity index (χ0) is 24.2. The van der Waals surface area contributed by atoms with Gasteiger partial charge in [-0.3, -0.25) is 9.13 Å². The average Bonchev–Trinajstić information content (AvgIpc) is 3.48. The number of fused-ring (bicyclic) bond motifs is 2. The fourth-order valence-electron chi connectivity index (χ4n) is 3.95. The zero-order valence-corrected chi connectivity index (χ0v) is 19.3. The van der Waals surface area contributed by atoms with Crippen LogP contribution >= 0.6 is 0 Å². The highest BCUT2D eigenvalue weighted by Gasteiger charge is 2.22. The average molecular weight is 479 g/mol. The van der Waals surface area contributed by atoms with Gasteiger partial charge < -0.3 is 9.47 Å². The molecule has 0 aliphatic rings. The van der Waals surface area contributed by atoms with Gasteiger partial charge in [0.2, 0.25) is 0 Å². The third-order valence-electron chi connectivity index (χ3n) is 5.63. The van der Waals surface area contributed by atoms with E-state index in [0.29, 0.717) is 47.5 Å². The Labute approximate surface area is 206 Å². The number of hydrogen-bond donors (Lipinski definition) is 0. The van der Waals surface area contributed by atoms with E-state index in [2.05, 4.69) is 19.9 Å². The van der Waals surface area contributed by atoms with Gasteiger partial charge in [-0.1, -0.05) is 60.7 Å². The quantitative estimate of drug-likeness (QED) is 0.307. The molecule has 0 N–H and O–H groups in total. The summed E-state index contributed by atoms with van der Waals surface area (Å²) in [5.41, 5.74) is 4.35. The second-order valence-corrected chi connectivity index (χ2v) is 8.06. The van der Waals surface area contributed by atoms with E-state index in [0.717, 1.165) is 11.1 Å². The minimum atomic E-state index is 0.217. The lowest BCUT2D eigenvalue weighted by atomic mass is 10.2. The van der Waals surface area contributed by atoms with Crippen molar-refractivity contribution in [2.75, 3.05) is 0 Å². The monoisotopic (exact) mass is 478 g/mol. The van der Waals surface area contributed by atoms with Crippen molar-refractivity contribution in [1.29, 1.82) is 0 Å². The van der Waals surface area contributed by atoms with E-state index >= 15 is 0 Å². The molecule has 0 saturated heterocycles. The van der Waals surface area contributed by atoms with Crippen LogP contribution in [-0.2, 0) is 36.1 Å². The van der Waals surface area contributed by atoms with E-state index in [4.69, 9.17) is 19.4 Å². The molecule has 0 unspecified atom stereocenters. The van der Waals surface area contributed by atoms with Crippen LogP contribution in [0.15, 0.2) is 85.5 Å². The molecule has 0 radical (unpaired) electrons. The Kier molecular flexibility index (Phi) is 6.09. The predicted molar refractivity (Wildman–Crippen MR) is 132 cm³/mol. The Morgan fingerprint density at radius 3 is 1.39 bits per heavy atom. The van der Waals surface area contributed by atoms with Gasteiger partial charge in [-0.15, -0.1) is 0 Å². The number of hydrogen-bond acceptors (Lipinski definition) is 8. The first kappa shape index (κ1) is 22.0. The van der Waals surface area contributed by atoms with Crippen molar-refractivity contribution < 1.29 is 9.47 Å². The van der Waals surface area contributed by atoms with Crippen LogP contribution in [-0.4, -0.2) is 39.0 Å². The van der Waals surface area contributed by atoms with Gasteiger partial charge in [0.05, 0.1) is 13.2 Å². The normalized spacial score (nSPS) is 11.4. The van der Waals surface area contributed by atoms with Gasteiger partial charge in [-0.05, 0) is 11.1 Å². The molecule has 0 atom stereocenters. The zero-order valence-electron chi connectivity index (χ0n) is 19.3. The molecule has 0 bridgehead atoms. The molecule has 10 heteroatoms. The molecule has 178 valence electrons. The van der Waals surface area contributed by atoms with Crippen molar-refractivity contribution in [1.82, 2.24) is 39.0 Å². The predicted octanol–water partition coefficient (Wildman–Crippen LogP) is 3.98. The van der Waals surface area contributed by atoms with Gasteiger partial charge in [-0.25, -0.2) is 29.9 Å². The van der Waals surface area contributed by atoms with Gasteiger partial charge in [-0.2, -0.15) is 0 Å². The molecule has 0 aliphatic heterocycles. The Hall–Kier alpha value is -4.54. The maximum absolute atomic E-state index is 6.04. The third-order valence-corrected chi connectivity index (χ3v) is 5.63. The molecular formula is C26H22N8O2. The molecule has 6 aromatic rings. The summed E-state index contributed by atoms with van der Waals surface area (Å²) in [5, 5.41) is 0. The molecule has 4 aromatic heterocycles. The number of benzene rings is 2. The molecule has 10 nitrogen and oxygen atoms in total. The van der Waals surface area contributed by atoms with E-state index in [1.54, 1.807) is 24.8 Å². The smallest absolute Gasteiger partial charge is 0.198 e. The number of aromatic nitrogens is 8. The highest BCUT2D eigenvalue weighted by atomic mass is 16.5. The molecular weight excluding hydrogens is 456 g/mol. The minimum Gasteiger partial charge on any atom is -0.356 e. The summed E-state index contributed by atoms with van der Waals surface area (Å²) in [6.07, 6.45) is 6.50. The molecule has 2 aromatic carbocycles. The van der Waals surface area contributed by atoms with Crippen LogP contribution in [0.5, 0.6) is 0 Å². The molecule has 0 spiro atoms. The van der Waals surface area contributed by atoms with Crippen molar-refractivity contribution in [2.24, 2.45) is 0 Å². The van der Waals surface area contributed by atoms with Crippen LogP contribution < -0.4 is 0 Å². The lowest BCUT2D eigenvalue weighted by Crippen LogP contribution is -2.10. The third kappa shape index (κ3) is 4.42. The summed E-state index contributed by atoms with van der Waals surface area (Å²) >= 11 is 0. The molecule has 0 aliphatic carbocycles. The Bertz CT molecular complexity index is 1480. The largest absolute Gasteiger partial charge is 0.356 e. The van der Waals surface area contributed by atoms with Gasteiger partial charge in [0, 0.05) is 24.8 Å².